The number of hydrogen-bond donors (Lipinski definition) is 4. The first-order valence-corrected chi connectivity index (χ1v) is 32.2. The molecule has 0 fully saturated rings. The van der Waals surface area contributed by atoms with Crippen molar-refractivity contribution in [3.8, 4) is 46.0 Å². The molecule has 0 bridgehead atoms. The van der Waals surface area contributed by atoms with Crippen LogP contribution in [0.4, 0.5) is 11.4 Å². The number of fused-ring (bicyclic) bond motifs is 4. The zero-order valence-corrected chi connectivity index (χ0v) is 54.8. The van der Waals surface area contributed by atoms with Crippen LogP contribution < -0.4 is 29.6 Å². The zero-order valence-electron chi connectivity index (χ0n) is 54.8. The molecule has 2 atom stereocenters. The summed E-state index contributed by atoms with van der Waals surface area (Å²) in [4.78, 5) is 95.5. The van der Waals surface area contributed by atoms with Gasteiger partial charge in [-0.05, 0) is 219 Å². The van der Waals surface area contributed by atoms with Gasteiger partial charge in [0.25, 0.3) is 23.6 Å². The van der Waals surface area contributed by atoms with Gasteiger partial charge < -0.3 is 39.8 Å². The second-order valence-corrected chi connectivity index (χ2v) is 25.9. The van der Waals surface area contributed by atoms with E-state index >= 15 is 19.2 Å². The molecule has 16 nitrogen and oxygen atoms in total. The first-order chi connectivity index (χ1) is 47.2. The highest BCUT2D eigenvalue weighted by atomic mass is 16.5. The van der Waals surface area contributed by atoms with E-state index in [1.807, 2.05) is 189 Å². The van der Waals surface area contributed by atoms with Crippen molar-refractivity contribution < 1.29 is 57.9 Å². The number of ether oxygens (including phenoxy) is 4. The Balaban J connectivity index is 1.06. The number of hydrogen-bond acceptors (Lipinski definition) is 12. The van der Waals surface area contributed by atoms with Gasteiger partial charge in [0, 0.05) is 54.5 Å². The lowest BCUT2D eigenvalue weighted by molar-refractivity contribution is -0.121. The Bertz CT molecular complexity index is 5000. The van der Waals surface area contributed by atoms with E-state index < -0.39 is 60.7 Å². The minimum atomic E-state index is -1.78. The zero-order chi connectivity index (χ0) is 68.3. The summed E-state index contributed by atoms with van der Waals surface area (Å²) < 4.78 is 28.9. The van der Waals surface area contributed by atoms with E-state index in [1.54, 1.807) is 24.3 Å². The first kappa shape index (κ1) is 62.2. The fraction of sp³-hybridized carbons (Fsp3) is 0.146. The van der Waals surface area contributed by atoms with Gasteiger partial charge in [0.15, 0.2) is 0 Å². The second-order valence-electron chi connectivity index (χ2n) is 25.9. The summed E-state index contributed by atoms with van der Waals surface area (Å²) in [6.45, 7) is 13.4. The summed E-state index contributed by atoms with van der Waals surface area (Å²) in [6, 6.07) is 50.7. The van der Waals surface area contributed by atoms with Crippen LogP contribution in [0.3, 0.4) is 0 Å². The Labute approximate surface area is 562 Å². The molecule has 484 valence electrons. The van der Waals surface area contributed by atoms with Crippen LogP contribution in [-0.2, 0) is 9.59 Å². The van der Waals surface area contributed by atoms with Gasteiger partial charge in [-0.15, -0.1) is 0 Å². The molecule has 0 aromatic heterocycles. The Morgan fingerprint density at radius 2 is 0.582 bits per heavy atom. The maximum atomic E-state index is 16.1. The van der Waals surface area contributed by atoms with Crippen molar-refractivity contribution in [2.24, 2.45) is 0 Å². The van der Waals surface area contributed by atoms with E-state index in [1.165, 1.54) is 24.3 Å². The maximum absolute atomic E-state index is 16.1. The molecule has 98 heavy (non-hydrogen) atoms. The minimum Gasteiger partial charge on any atom is -0.457 e. The number of rotatable bonds is 16. The third kappa shape index (κ3) is 10.8. The summed E-state index contributed by atoms with van der Waals surface area (Å²) in [6.07, 6.45) is 0. The number of aliphatic hydroxyl groups excluding tert-OH is 2. The number of benzene rings is 13. The lowest BCUT2D eigenvalue weighted by atomic mass is 9.80. The molecular formula is C82H64N4O12. The third-order valence-corrected chi connectivity index (χ3v) is 18.3. The summed E-state index contributed by atoms with van der Waals surface area (Å²) in [7, 11) is 0. The van der Waals surface area contributed by atoms with Crippen LogP contribution in [0.1, 0.15) is 85.9 Å². The normalized spacial score (nSPS) is 13.5. The Morgan fingerprint density at radius 3 is 0.837 bits per heavy atom. The van der Waals surface area contributed by atoms with Gasteiger partial charge in [-0.25, -0.2) is 0 Å². The van der Waals surface area contributed by atoms with Gasteiger partial charge >= 0.3 is 0 Å². The van der Waals surface area contributed by atoms with Gasteiger partial charge in [-0.1, -0.05) is 84.9 Å². The lowest BCUT2D eigenvalue weighted by Gasteiger charge is -2.35. The molecule has 0 saturated heterocycles. The van der Waals surface area contributed by atoms with E-state index in [9.17, 15) is 19.8 Å². The van der Waals surface area contributed by atoms with Gasteiger partial charge in [0.2, 0.25) is 11.8 Å². The summed E-state index contributed by atoms with van der Waals surface area (Å²) in [5, 5.41) is 33.6. The number of aryl methyl sites for hydroxylation is 8. The van der Waals surface area contributed by atoms with E-state index in [0.717, 1.165) is 75.9 Å². The van der Waals surface area contributed by atoms with Crippen LogP contribution in [0.25, 0.3) is 64.6 Å². The van der Waals surface area contributed by atoms with Crippen LogP contribution in [0, 0.1) is 55.4 Å². The molecular weight excluding hydrogens is 1230 g/mol. The smallest absolute Gasteiger partial charge is 0.262 e. The second kappa shape index (κ2) is 24.0. The highest BCUT2D eigenvalue weighted by molar-refractivity contribution is 6.45. The number of nitrogens with zero attached hydrogens (tertiary/aromatic N) is 2. The standard InChI is InChI=1S/C82H64N4O12/c1-41-21-42(2)26-55(25-41)95-65-35-59-69-60(80(92)85(79(59)91)63(39-87)77(89)83-53-19-17-49-13-9-11-15-51(49)33-53)37-67(97-57-29-45(5)23-46(6)30-57)73-74-68(98-58-31-47(7)24-48(8)32-58)38-62-70-61(36-66(72(76(70)74)71(65)75(69)73)96-56-27-43(3)22-44(4)28-56)81(93)86(82(62)94)64(40-88)78(90)84-54-20-18-50-14-10-12-16-52(50)34-54/h9-38,63-64,87-88H,39-40H2,1-8H3,(H,83,89)(H,84,90). The highest BCUT2D eigenvalue weighted by Gasteiger charge is 2.46. The molecule has 15 rings (SSSR count). The van der Waals surface area contributed by atoms with Gasteiger partial charge in [0.1, 0.15) is 58.1 Å². The summed E-state index contributed by atoms with van der Waals surface area (Å²) in [5.74, 6) is -3.92. The molecule has 16 heteroatoms. The number of nitrogens with one attached hydrogen (secondary N) is 2. The quantitative estimate of drug-likeness (QED) is 0.0404. The topological polar surface area (TPSA) is 210 Å². The fourth-order valence-electron chi connectivity index (χ4n) is 14.5. The van der Waals surface area contributed by atoms with Crippen LogP contribution in [0.2, 0.25) is 0 Å². The van der Waals surface area contributed by atoms with Crippen LogP contribution in [0.15, 0.2) is 182 Å². The SMILES string of the molecule is Cc1cc(C)cc(Oc2cc3c4c(cc(Oc5cc(C)cc(C)c5)c5c6c(Oc7cc(C)cc(C)c7)cc7c8c(cc(Oc9cc(C)cc(C)c9)c(c2c45)c86)C(=O)N(C(CO)C(=O)Nc2ccc4ccccc4c2)C7=O)C(=O)N(C(CO)C(=O)Nc2ccc4ccccc4c2)C3=O)c1. The predicted octanol–water partition coefficient (Wildman–Crippen LogP) is 16.9. The molecule has 0 saturated carbocycles. The lowest BCUT2D eigenvalue weighted by Crippen LogP contribution is -2.54. The molecule has 0 spiro atoms. The van der Waals surface area contributed by atoms with Gasteiger partial charge in [-0.2, -0.15) is 0 Å². The average Bonchev–Trinajstić information content (AvgIpc) is 0.671. The summed E-state index contributed by atoms with van der Waals surface area (Å²) >= 11 is 0. The Kier molecular flexibility index (Phi) is 15.2. The number of aliphatic hydroxyl groups is 2. The van der Waals surface area contributed by atoms with Crippen LogP contribution >= 0.6 is 0 Å². The molecule has 2 heterocycles. The molecule has 6 amide bonds. The van der Waals surface area contributed by atoms with Gasteiger partial charge in [-0.3, -0.25) is 38.6 Å². The number of anilines is 2. The first-order valence-electron chi connectivity index (χ1n) is 32.2. The average molecular weight is 1300 g/mol. The maximum Gasteiger partial charge on any atom is 0.262 e. The molecule has 2 unspecified atom stereocenters. The van der Waals surface area contributed by atoms with E-state index in [4.69, 9.17) is 18.9 Å². The highest BCUT2D eigenvalue weighted by Crippen LogP contribution is 2.58. The Morgan fingerprint density at radius 1 is 0.327 bits per heavy atom. The molecule has 4 N–H and O–H groups in total. The van der Waals surface area contributed by atoms with E-state index in [2.05, 4.69) is 10.6 Å². The Hall–Kier alpha value is -12.0. The number of carbonyl (C=O) groups is 6. The minimum absolute atomic E-state index is 0.0336. The third-order valence-electron chi connectivity index (χ3n) is 18.3. The van der Waals surface area contributed by atoms with Crippen molar-refractivity contribution >= 4 is 111 Å². The number of imide groups is 2. The van der Waals surface area contributed by atoms with Crippen molar-refractivity contribution in [2.75, 3.05) is 23.8 Å². The van der Waals surface area contributed by atoms with Crippen molar-refractivity contribution in [3.63, 3.8) is 0 Å². The molecule has 13 aromatic carbocycles. The number of carbonyl (C=O) groups excluding carboxylic acids is 6. The van der Waals surface area contributed by atoms with Gasteiger partial charge in [0.05, 0.1) is 35.5 Å². The molecule has 0 aliphatic carbocycles. The molecule has 2 aliphatic heterocycles. The van der Waals surface area contributed by atoms with E-state index in [-0.39, 0.29) is 88.3 Å². The molecule has 2 aliphatic rings. The summed E-state index contributed by atoms with van der Waals surface area (Å²) in [5.41, 5.74) is 7.06. The monoisotopic (exact) mass is 1300 g/mol. The van der Waals surface area contributed by atoms with Crippen LogP contribution in [-0.4, -0.2) is 80.8 Å². The number of amides is 6. The van der Waals surface area contributed by atoms with Crippen molar-refractivity contribution in [3.05, 3.63) is 249 Å². The van der Waals surface area contributed by atoms with Crippen molar-refractivity contribution in [1.82, 2.24) is 9.80 Å². The van der Waals surface area contributed by atoms with E-state index in [0.29, 0.717) is 34.4 Å². The molecule has 0 radical (unpaired) electrons. The molecule has 13 aromatic rings. The van der Waals surface area contributed by atoms with Crippen molar-refractivity contribution in [1.29, 1.82) is 0 Å². The fourth-order valence-corrected chi connectivity index (χ4v) is 14.5. The van der Waals surface area contributed by atoms with Crippen molar-refractivity contribution in [2.45, 2.75) is 67.5 Å². The predicted molar refractivity (Wildman–Crippen MR) is 380 cm³/mol. The van der Waals surface area contributed by atoms with Crippen LogP contribution in [0.5, 0.6) is 46.0 Å². The largest absolute Gasteiger partial charge is 0.457 e.